The van der Waals surface area contributed by atoms with Gasteiger partial charge in [-0.3, -0.25) is 10.1 Å². The minimum Gasteiger partial charge on any atom is -0.392 e. The van der Waals surface area contributed by atoms with Crippen LogP contribution in [0.5, 0.6) is 0 Å². The van der Waals surface area contributed by atoms with Crippen LogP contribution in [0.15, 0.2) is 17.3 Å². The predicted molar refractivity (Wildman–Crippen MR) is 62.9 cm³/mol. The zero-order valence-corrected chi connectivity index (χ0v) is 10.3. The highest BCUT2D eigenvalue weighted by Gasteiger charge is 2.16. The van der Waals surface area contributed by atoms with Gasteiger partial charge in [-0.1, -0.05) is 30.3 Å². The Morgan fingerprint density at radius 1 is 1.62 bits per heavy atom. The molecule has 1 aromatic heterocycles. The number of pyridine rings is 1. The number of aliphatic hydroxyl groups is 1. The van der Waals surface area contributed by atoms with Gasteiger partial charge in [0.2, 0.25) is 0 Å². The zero-order chi connectivity index (χ0) is 12.3. The van der Waals surface area contributed by atoms with Crippen LogP contribution in [0.2, 0.25) is 5.02 Å². The second-order valence-corrected chi connectivity index (χ2v) is 5.07. The number of aliphatic hydroxyl groups excluding tert-OH is 1. The van der Waals surface area contributed by atoms with Crippen LogP contribution in [0.4, 0.5) is 5.69 Å². The molecular weight excluding hydrogens is 252 g/mol. The van der Waals surface area contributed by atoms with Crippen LogP contribution < -0.4 is 0 Å². The summed E-state index contributed by atoms with van der Waals surface area (Å²) in [6.07, 6.45) is 0.654. The van der Waals surface area contributed by atoms with E-state index in [1.807, 2.05) is 6.92 Å². The molecule has 0 saturated carbocycles. The Morgan fingerprint density at radius 2 is 2.25 bits per heavy atom. The van der Waals surface area contributed by atoms with Crippen LogP contribution in [-0.4, -0.2) is 26.4 Å². The van der Waals surface area contributed by atoms with E-state index in [1.165, 1.54) is 17.8 Å². The Hall–Kier alpha value is -0.850. The van der Waals surface area contributed by atoms with E-state index in [0.29, 0.717) is 5.03 Å². The summed E-state index contributed by atoms with van der Waals surface area (Å²) in [4.78, 5) is 13.8. The molecule has 0 aliphatic heterocycles. The number of halogens is 1. The second-order valence-electron chi connectivity index (χ2n) is 3.30. The van der Waals surface area contributed by atoms with Crippen LogP contribution in [-0.2, 0) is 0 Å². The van der Waals surface area contributed by atoms with Gasteiger partial charge in [-0.15, -0.1) is 0 Å². The normalized spacial score (nSPS) is 14.5. The molecule has 0 fully saturated rings. The van der Waals surface area contributed by atoms with Crippen molar-refractivity contribution < 1.29 is 10.0 Å². The van der Waals surface area contributed by atoms with Crippen molar-refractivity contribution in [3.63, 3.8) is 0 Å². The van der Waals surface area contributed by atoms with Crippen molar-refractivity contribution in [1.82, 2.24) is 4.98 Å². The first-order chi connectivity index (χ1) is 7.41. The Bertz CT molecular complexity index is 400. The van der Waals surface area contributed by atoms with Crippen LogP contribution in [0.3, 0.4) is 0 Å². The van der Waals surface area contributed by atoms with E-state index in [9.17, 15) is 15.2 Å². The summed E-state index contributed by atoms with van der Waals surface area (Å²) >= 11 is 7.14. The lowest BCUT2D eigenvalue weighted by atomic mass is 10.3. The molecule has 2 unspecified atom stereocenters. The Morgan fingerprint density at radius 3 is 2.69 bits per heavy atom. The maximum Gasteiger partial charge on any atom is 0.289 e. The molecule has 16 heavy (non-hydrogen) atoms. The molecule has 0 aliphatic rings. The summed E-state index contributed by atoms with van der Waals surface area (Å²) < 4.78 is 0. The molecule has 1 N–H and O–H groups in total. The largest absolute Gasteiger partial charge is 0.392 e. The van der Waals surface area contributed by atoms with Gasteiger partial charge in [-0.05, 0) is 6.92 Å². The van der Waals surface area contributed by atoms with E-state index in [4.69, 9.17) is 11.6 Å². The third-order valence-electron chi connectivity index (χ3n) is 1.98. The van der Waals surface area contributed by atoms with Gasteiger partial charge in [0, 0.05) is 11.3 Å². The zero-order valence-electron chi connectivity index (χ0n) is 8.75. The van der Waals surface area contributed by atoms with Gasteiger partial charge in [0.25, 0.3) is 5.69 Å². The first-order valence-corrected chi connectivity index (χ1v) is 5.82. The first kappa shape index (κ1) is 13.2. The fourth-order valence-corrected chi connectivity index (χ4v) is 2.00. The molecule has 5 nitrogen and oxygen atoms in total. The van der Waals surface area contributed by atoms with Crippen molar-refractivity contribution in [3.05, 3.63) is 27.4 Å². The summed E-state index contributed by atoms with van der Waals surface area (Å²) in [5, 5.41) is 20.4. The Labute approximate surface area is 102 Å². The predicted octanol–water partition coefficient (Wildman–Crippen LogP) is 2.50. The lowest BCUT2D eigenvalue weighted by molar-refractivity contribution is -0.385. The van der Waals surface area contributed by atoms with Crippen molar-refractivity contribution in [3.8, 4) is 0 Å². The second kappa shape index (κ2) is 5.47. The fourth-order valence-electron chi connectivity index (χ4n) is 0.876. The average molecular weight is 263 g/mol. The molecule has 1 aromatic rings. The van der Waals surface area contributed by atoms with Gasteiger partial charge < -0.3 is 5.11 Å². The number of rotatable bonds is 4. The summed E-state index contributed by atoms with van der Waals surface area (Å²) in [6.45, 7) is 3.49. The average Bonchev–Trinajstić information content (AvgIpc) is 2.20. The molecule has 0 saturated heterocycles. The van der Waals surface area contributed by atoms with Crippen molar-refractivity contribution in [1.29, 1.82) is 0 Å². The van der Waals surface area contributed by atoms with Gasteiger partial charge in [0.05, 0.1) is 16.0 Å². The van der Waals surface area contributed by atoms with Gasteiger partial charge in [-0.25, -0.2) is 4.98 Å². The third-order valence-corrected chi connectivity index (χ3v) is 3.70. The highest BCUT2D eigenvalue weighted by molar-refractivity contribution is 8.00. The first-order valence-electron chi connectivity index (χ1n) is 4.56. The van der Waals surface area contributed by atoms with Crippen molar-refractivity contribution in [2.45, 2.75) is 30.2 Å². The molecule has 0 aliphatic carbocycles. The maximum atomic E-state index is 10.5. The molecule has 0 radical (unpaired) electrons. The number of aromatic nitrogens is 1. The summed E-state index contributed by atoms with van der Waals surface area (Å²) in [7, 11) is 0. The SMILES string of the molecule is CC(O)C(C)Sc1ncc([N+](=O)[O-])cc1Cl. The minimum atomic E-state index is -0.550. The lowest BCUT2D eigenvalue weighted by Crippen LogP contribution is -2.15. The smallest absolute Gasteiger partial charge is 0.289 e. The lowest BCUT2D eigenvalue weighted by Gasteiger charge is -2.13. The van der Waals surface area contributed by atoms with Crippen molar-refractivity contribution in [2.24, 2.45) is 0 Å². The Kier molecular flexibility index (Phi) is 4.52. The number of hydrogen-bond acceptors (Lipinski definition) is 5. The molecule has 7 heteroatoms. The molecule has 1 rings (SSSR count). The molecule has 0 spiro atoms. The Balaban J connectivity index is 2.87. The summed E-state index contributed by atoms with van der Waals surface area (Å²) in [5.41, 5.74) is -0.140. The molecule has 2 atom stereocenters. The number of hydrogen-bond donors (Lipinski definition) is 1. The van der Waals surface area contributed by atoms with Crippen molar-refractivity contribution in [2.75, 3.05) is 0 Å². The third kappa shape index (κ3) is 3.33. The van der Waals surface area contributed by atoms with E-state index in [0.717, 1.165) is 6.20 Å². The number of nitrogens with zero attached hydrogens (tertiary/aromatic N) is 2. The molecular formula is C9H11ClN2O3S. The minimum absolute atomic E-state index is 0.0774. The monoisotopic (exact) mass is 262 g/mol. The van der Waals surface area contributed by atoms with E-state index in [1.54, 1.807) is 6.92 Å². The van der Waals surface area contributed by atoms with Crippen LogP contribution in [0, 0.1) is 10.1 Å². The molecule has 0 bridgehead atoms. The fraction of sp³-hybridized carbons (Fsp3) is 0.444. The van der Waals surface area contributed by atoms with E-state index in [2.05, 4.69) is 4.98 Å². The highest BCUT2D eigenvalue weighted by atomic mass is 35.5. The van der Waals surface area contributed by atoms with E-state index in [-0.39, 0.29) is 16.0 Å². The summed E-state index contributed by atoms with van der Waals surface area (Å²) in [6, 6.07) is 1.26. The van der Waals surface area contributed by atoms with Crippen LogP contribution >= 0.6 is 23.4 Å². The standard InChI is InChI=1S/C9H11ClN2O3S/c1-5(13)6(2)16-9-8(10)3-7(4-11-9)12(14)15/h3-6,13H,1-2H3. The molecule has 1 heterocycles. The van der Waals surface area contributed by atoms with Gasteiger partial charge in [0.1, 0.15) is 11.2 Å². The van der Waals surface area contributed by atoms with E-state index >= 15 is 0 Å². The van der Waals surface area contributed by atoms with E-state index < -0.39 is 11.0 Å². The molecule has 0 amide bonds. The van der Waals surface area contributed by atoms with Crippen molar-refractivity contribution >= 4 is 29.1 Å². The van der Waals surface area contributed by atoms with Gasteiger partial charge >= 0.3 is 0 Å². The molecule has 0 aromatic carbocycles. The van der Waals surface area contributed by atoms with Gasteiger partial charge in [-0.2, -0.15) is 0 Å². The number of nitro groups is 1. The molecule has 88 valence electrons. The highest BCUT2D eigenvalue weighted by Crippen LogP contribution is 2.31. The topological polar surface area (TPSA) is 76.3 Å². The number of thioether (sulfide) groups is 1. The maximum absolute atomic E-state index is 10.5. The quantitative estimate of drug-likeness (QED) is 0.513. The van der Waals surface area contributed by atoms with Crippen LogP contribution in [0.1, 0.15) is 13.8 Å². The summed E-state index contributed by atoms with van der Waals surface area (Å²) in [5.74, 6) is 0. The van der Waals surface area contributed by atoms with Gasteiger partial charge in [0.15, 0.2) is 0 Å². The van der Waals surface area contributed by atoms with Crippen LogP contribution in [0.25, 0.3) is 0 Å².